The Balaban J connectivity index is 1.83. The molecule has 0 radical (unpaired) electrons. The van der Waals surface area contributed by atoms with E-state index < -0.39 is 5.97 Å². The Hall–Kier alpha value is -3.15. The van der Waals surface area contributed by atoms with E-state index in [2.05, 4.69) is 4.98 Å². The van der Waals surface area contributed by atoms with Crippen molar-refractivity contribution in [1.82, 2.24) is 4.98 Å². The van der Waals surface area contributed by atoms with Gasteiger partial charge in [-0.15, -0.1) is 0 Å². The molecule has 4 rings (SSSR count). The third-order valence-electron chi connectivity index (χ3n) is 4.40. The monoisotopic (exact) mass is 336 g/mol. The summed E-state index contributed by atoms with van der Waals surface area (Å²) < 4.78 is 10.4. The Morgan fingerprint density at radius 2 is 1.92 bits per heavy atom. The predicted octanol–water partition coefficient (Wildman–Crippen LogP) is 3.13. The normalized spacial score (nSPS) is 13.1. The summed E-state index contributed by atoms with van der Waals surface area (Å²) in [6, 6.07) is 10.7. The zero-order valence-electron chi connectivity index (χ0n) is 13.9. The minimum absolute atomic E-state index is 0.200. The highest BCUT2D eigenvalue weighted by Gasteiger charge is 2.31. The maximum atomic E-state index is 13.2. The van der Waals surface area contributed by atoms with Gasteiger partial charge < -0.3 is 14.1 Å². The molecule has 6 heteroatoms. The van der Waals surface area contributed by atoms with Crippen LogP contribution >= 0.6 is 0 Å². The van der Waals surface area contributed by atoms with Gasteiger partial charge in [-0.05, 0) is 30.2 Å². The smallest absolute Gasteiger partial charge is 0.339 e. The minimum Gasteiger partial charge on any atom is -0.465 e. The fourth-order valence-electron chi connectivity index (χ4n) is 3.31. The molecule has 2 heterocycles. The van der Waals surface area contributed by atoms with Gasteiger partial charge in [0, 0.05) is 13.5 Å². The van der Waals surface area contributed by atoms with Crippen molar-refractivity contribution in [3.63, 3.8) is 0 Å². The van der Waals surface area contributed by atoms with Gasteiger partial charge in [-0.3, -0.25) is 4.79 Å². The number of aromatic nitrogens is 1. The average molecular weight is 336 g/mol. The van der Waals surface area contributed by atoms with Crippen LogP contribution in [-0.2, 0) is 11.2 Å². The fraction of sp³-hybridized carbons (Fsp3) is 0.211. The lowest BCUT2D eigenvalue weighted by atomic mass is 10.1. The molecule has 25 heavy (non-hydrogen) atoms. The first-order chi connectivity index (χ1) is 12.1. The van der Waals surface area contributed by atoms with E-state index in [9.17, 15) is 9.59 Å². The lowest BCUT2D eigenvalue weighted by Crippen LogP contribution is -2.30. The largest absolute Gasteiger partial charge is 0.465 e. The summed E-state index contributed by atoms with van der Waals surface area (Å²) in [6.07, 6.45) is 0.694. The molecule has 2 aromatic carbocycles. The number of nitrogens with zero attached hydrogens (tertiary/aromatic N) is 2. The topological polar surface area (TPSA) is 72.6 Å². The number of amides is 1. The Bertz CT molecular complexity index is 1010. The quantitative estimate of drug-likeness (QED) is 0.672. The number of methoxy groups -OCH3 is 1. The van der Waals surface area contributed by atoms with Crippen LogP contribution in [-0.4, -0.2) is 30.5 Å². The van der Waals surface area contributed by atoms with Crippen molar-refractivity contribution in [3.8, 4) is 0 Å². The number of ether oxygens (including phenoxy) is 1. The van der Waals surface area contributed by atoms with Crippen LogP contribution in [0.25, 0.3) is 11.1 Å². The van der Waals surface area contributed by atoms with Crippen molar-refractivity contribution in [2.45, 2.75) is 13.3 Å². The molecular weight excluding hydrogens is 320 g/mol. The number of oxazole rings is 1. The van der Waals surface area contributed by atoms with Gasteiger partial charge in [-0.25, -0.2) is 9.78 Å². The van der Waals surface area contributed by atoms with Crippen molar-refractivity contribution >= 4 is 28.7 Å². The second-order valence-electron chi connectivity index (χ2n) is 5.90. The van der Waals surface area contributed by atoms with E-state index in [1.54, 1.807) is 42.2 Å². The van der Waals surface area contributed by atoms with Gasteiger partial charge in [-0.1, -0.05) is 18.2 Å². The van der Waals surface area contributed by atoms with Crippen molar-refractivity contribution < 1.29 is 18.7 Å². The number of rotatable bonds is 2. The Morgan fingerprint density at radius 1 is 1.16 bits per heavy atom. The highest BCUT2D eigenvalue weighted by Crippen LogP contribution is 2.34. The molecule has 126 valence electrons. The van der Waals surface area contributed by atoms with Crippen LogP contribution in [0.1, 0.15) is 32.2 Å². The number of hydrogen-bond donors (Lipinski definition) is 0. The Kier molecular flexibility index (Phi) is 3.53. The molecule has 1 aromatic heterocycles. The van der Waals surface area contributed by atoms with Crippen LogP contribution < -0.4 is 4.90 Å². The zero-order chi connectivity index (χ0) is 17.6. The maximum absolute atomic E-state index is 13.2. The first-order valence-electron chi connectivity index (χ1n) is 7.98. The maximum Gasteiger partial charge on any atom is 0.339 e. The number of hydrogen-bond acceptors (Lipinski definition) is 5. The van der Waals surface area contributed by atoms with Crippen LogP contribution in [0.3, 0.4) is 0 Å². The SMILES string of the molecule is COC(=O)c1cccc2c1N(C(=O)c1cccc3oc(C)nc13)CC2. The lowest BCUT2D eigenvalue weighted by molar-refractivity contribution is 0.0601. The fourth-order valence-corrected chi connectivity index (χ4v) is 3.31. The second-order valence-corrected chi connectivity index (χ2v) is 5.90. The van der Waals surface area contributed by atoms with Crippen LogP contribution in [0, 0.1) is 6.92 Å². The number of fused-ring (bicyclic) bond motifs is 2. The summed E-state index contributed by atoms with van der Waals surface area (Å²) in [4.78, 5) is 31.2. The summed E-state index contributed by atoms with van der Waals surface area (Å²) in [7, 11) is 1.34. The van der Waals surface area contributed by atoms with Crippen LogP contribution in [0.4, 0.5) is 5.69 Å². The highest BCUT2D eigenvalue weighted by atomic mass is 16.5. The van der Waals surface area contributed by atoms with E-state index in [0.29, 0.717) is 46.8 Å². The summed E-state index contributed by atoms with van der Waals surface area (Å²) in [6.45, 7) is 2.25. The Labute approximate surface area is 144 Å². The molecule has 6 nitrogen and oxygen atoms in total. The van der Waals surface area contributed by atoms with Gasteiger partial charge in [0.25, 0.3) is 5.91 Å². The highest BCUT2D eigenvalue weighted by molar-refractivity contribution is 6.15. The number of carbonyl (C=O) groups is 2. The molecule has 1 aliphatic rings. The van der Waals surface area contributed by atoms with Crippen LogP contribution in [0.15, 0.2) is 40.8 Å². The second kappa shape index (κ2) is 5.73. The van der Waals surface area contributed by atoms with Gasteiger partial charge >= 0.3 is 5.97 Å². The molecule has 0 saturated carbocycles. The summed E-state index contributed by atoms with van der Waals surface area (Å²) in [5, 5.41) is 0. The molecule has 0 aliphatic carbocycles. The number of benzene rings is 2. The van der Waals surface area contributed by atoms with Gasteiger partial charge in [0.05, 0.1) is 23.9 Å². The van der Waals surface area contributed by atoms with Gasteiger partial charge in [0.2, 0.25) is 0 Å². The molecule has 0 atom stereocenters. The third-order valence-corrected chi connectivity index (χ3v) is 4.40. The number of carbonyl (C=O) groups excluding carboxylic acids is 2. The molecule has 0 saturated heterocycles. The van der Waals surface area contributed by atoms with Crippen LogP contribution in [0.2, 0.25) is 0 Å². The van der Waals surface area contributed by atoms with E-state index in [4.69, 9.17) is 9.15 Å². The van der Waals surface area contributed by atoms with E-state index in [-0.39, 0.29) is 5.91 Å². The van der Waals surface area contributed by atoms with E-state index >= 15 is 0 Å². The average Bonchev–Trinajstić information content (AvgIpc) is 3.22. The molecule has 1 amide bonds. The van der Waals surface area contributed by atoms with Gasteiger partial charge in [0.15, 0.2) is 11.5 Å². The standard InChI is InChI=1S/C19H16N2O4/c1-11-20-16-13(6-4-8-15(16)25-11)18(22)21-10-9-12-5-3-7-14(17(12)21)19(23)24-2/h3-8H,9-10H2,1-2H3. The van der Waals surface area contributed by atoms with E-state index in [1.165, 1.54) is 7.11 Å². The third kappa shape index (κ3) is 2.38. The minimum atomic E-state index is -0.452. The van der Waals surface area contributed by atoms with Crippen molar-refractivity contribution in [2.24, 2.45) is 0 Å². The summed E-state index contributed by atoms with van der Waals surface area (Å²) in [5.41, 5.74) is 3.55. The molecule has 3 aromatic rings. The molecule has 0 spiro atoms. The lowest BCUT2D eigenvalue weighted by Gasteiger charge is -2.19. The zero-order valence-corrected chi connectivity index (χ0v) is 13.9. The predicted molar refractivity (Wildman–Crippen MR) is 91.9 cm³/mol. The molecule has 0 N–H and O–H groups in total. The number of esters is 1. The molecule has 1 aliphatic heterocycles. The van der Waals surface area contributed by atoms with Crippen molar-refractivity contribution in [1.29, 1.82) is 0 Å². The van der Waals surface area contributed by atoms with Gasteiger partial charge in [-0.2, -0.15) is 0 Å². The molecule has 0 unspecified atom stereocenters. The van der Waals surface area contributed by atoms with E-state index in [0.717, 1.165) is 5.56 Å². The number of aryl methyl sites for hydroxylation is 1. The Morgan fingerprint density at radius 3 is 2.72 bits per heavy atom. The molecule has 0 fully saturated rings. The number of para-hydroxylation sites is 2. The van der Waals surface area contributed by atoms with Crippen LogP contribution in [0.5, 0.6) is 0 Å². The van der Waals surface area contributed by atoms with Gasteiger partial charge in [0.1, 0.15) is 5.52 Å². The first-order valence-corrected chi connectivity index (χ1v) is 7.98. The summed E-state index contributed by atoms with van der Waals surface area (Å²) >= 11 is 0. The molecule has 0 bridgehead atoms. The summed E-state index contributed by atoms with van der Waals surface area (Å²) in [5.74, 6) is -0.145. The van der Waals surface area contributed by atoms with E-state index in [1.807, 2.05) is 6.07 Å². The van der Waals surface area contributed by atoms with Crippen molar-refractivity contribution in [3.05, 3.63) is 59.0 Å². The number of anilines is 1. The van der Waals surface area contributed by atoms with Crippen molar-refractivity contribution in [2.75, 3.05) is 18.6 Å². The first kappa shape index (κ1) is 15.4. The molecular formula is C19H16N2O4.